The van der Waals surface area contributed by atoms with Gasteiger partial charge in [-0.15, -0.1) is 0 Å². The van der Waals surface area contributed by atoms with Crippen LogP contribution in [0.3, 0.4) is 0 Å². The van der Waals surface area contributed by atoms with E-state index < -0.39 is 0 Å². The average molecular weight is 277 g/mol. The van der Waals surface area contributed by atoms with Gasteiger partial charge in [0.05, 0.1) is 12.6 Å². The van der Waals surface area contributed by atoms with E-state index in [9.17, 15) is 4.79 Å². The fraction of sp³-hybridized carbons (Fsp3) is 0.938. The molecule has 4 aliphatic heterocycles. The van der Waals surface area contributed by atoms with Gasteiger partial charge in [-0.2, -0.15) is 0 Å². The Morgan fingerprint density at radius 1 is 1.25 bits per heavy atom. The van der Waals surface area contributed by atoms with Gasteiger partial charge in [-0.1, -0.05) is 19.3 Å². The Bertz CT molecular complexity index is 472. The quantitative estimate of drug-likeness (QED) is 0.635. The Hall–Kier alpha value is -0.610. The smallest absolute Gasteiger partial charge is 0.220 e. The summed E-state index contributed by atoms with van der Waals surface area (Å²) >= 11 is 0. The Morgan fingerprint density at radius 2 is 2.05 bits per heavy atom. The van der Waals surface area contributed by atoms with Crippen LogP contribution in [0.4, 0.5) is 0 Å². The molecule has 0 aromatic heterocycles. The summed E-state index contributed by atoms with van der Waals surface area (Å²) in [4.78, 5) is 14.5. The van der Waals surface area contributed by atoms with Crippen LogP contribution in [0.25, 0.3) is 0 Å². The number of ether oxygens (including phenoxy) is 2. The highest BCUT2D eigenvalue weighted by Gasteiger charge is 2.76. The van der Waals surface area contributed by atoms with Gasteiger partial charge < -0.3 is 14.4 Å². The van der Waals surface area contributed by atoms with Crippen LogP contribution in [0.1, 0.15) is 51.9 Å². The Morgan fingerprint density at radius 3 is 2.75 bits per heavy atom. The van der Waals surface area contributed by atoms with Crippen LogP contribution in [0, 0.1) is 5.92 Å². The Labute approximate surface area is 119 Å². The molecule has 4 saturated heterocycles. The average Bonchev–Trinajstić information content (AvgIpc) is 3.10. The molecule has 0 N–H and O–H groups in total. The van der Waals surface area contributed by atoms with Crippen molar-refractivity contribution in [1.29, 1.82) is 0 Å². The Balaban J connectivity index is 1.52. The molecule has 4 nitrogen and oxygen atoms in total. The van der Waals surface area contributed by atoms with Crippen LogP contribution in [0.2, 0.25) is 0 Å². The molecule has 2 spiro atoms. The Kier molecular flexibility index (Phi) is 2.15. The lowest BCUT2D eigenvalue weighted by Crippen LogP contribution is -2.66. The van der Waals surface area contributed by atoms with Gasteiger partial charge in [-0.3, -0.25) is 4.79 Å². The van der Waals surface area contributed by atoms with E-state index in [4.69, 9.17) is 9.47 Å². The van der Waals surface area contributed by atoms with Crippen LogP contribution in [0.15, 0.2) is 0 Å². The minimum atomic E-state index is -0.149. The van der Waals surface area contributed by atoms with Crippen molar-refractivity contribution in [2.75, 3.05) is 6.54 Å². The molecule has 5 rings (SSSR count). The van der Waals surface area contributed by atoms with Crippen molar-refractivity contribution < 1.29 is 14.3 Å². The van der Waals surface area contributed by atoms with Gasteiger partial charge in [0.15, 0.2) is 0 Å². The number of hydrogen-bond acceptors (Lipinski definition) is 3. The van der Waals surface area contributed by atoms with Crippen molar-refractivity contribution in [2.24, 2.45) is 5.92 Å². The highest BCUT2D eigenvalue weighted by Crippen LogP contribution is 2.63. The molecule has 4 heteroatoms. The second-order valence-electron chi connectivity index (χ2n) is 7.66. The zero-order valence-corrected chi connectivity index (χ0v) is 12.1. The summed E-state index contributed by atoms with van der Waals surface area (Å²) in [6.45, 7) is 2.52. The molecule has 5 atom stereocenters. The van der Waals surface area contributed by atoms with E-state index in [2.05, 4.69) is 4.90 Å². The molecule has 0 radical (unpaired) electrons. The molecule has 5 fully saturated rings. The number of amides is 1. The first-order chi connectivity index (χ1) is 9.65. The monoisotopic (exact) mass is 277 g/mol. The van der Waals surface area contributed by atoms with Crippen molar-refractivity contribution >= 4 is 5.91 Å². The summed E-state index contributed by atoms with van der Waals surface area (Å²) in [5.41, 5.74) is -0.0120. The fourth-order valence-electron chi connectivity index (χ4n) is 5.83. The normalized spacial score (nSPS) is 51.0. The summed E-state index contributed by atoms with van der Waals surface area (Å²) in [6.07, 6.45) is 9.53. The minimum absolute atomic E-state index is 0.137. The maximum atomic E-state index is 12.3. The molecular weight excluding hydrogens is 254 g/mol. The SMILES string of the molecule is CC(=O)N1C[C@@]23O[C@@H](C[C@H]2CC12CCCCC2)[C@@H]1O[C@@H]13. The molecule has 1 aliphatic carbocycles. The summed E-state index contributed by atoms with van der Waals surface area (Å²) in [7, 11) is 0. The minimum Gasteiger partial charge on any atom is -0.364 e. The third-order valence-electron chi connectivity index (χ3n) is 6.72. The van der Waals surface area contributed by atoms with Crippen LogP contribution in [0.5, 0.6) is 0 Å². The second-order valence-corrected chi connectivity index (χ2v) is 7.66. The summed E-state index contributed by atoms with van der Waals surface area (Å²) in [5, 5.41) is 0. The molecule has 5 aliphatic rings. The summed E-state index contributed by atoms with van der Waals surface area (Å²) in [5.74, 6) is 0.848. The third-order valence-corrected chi connectivity index (χ3v) is 6.72. The lowest BCUT2D eigenvalue weighted by atomic mass is 9.64. The van der Waals surface area contributed by atoms with Gasteiger partial charge in [0.1, 0.15) is 17.8 Å². The first-order valence-corrected chi connectivity index (χ1v) is 8.26. The highest BCUT2D eigenvalue weighted by molar-refractivity contribution is 5.74. The number of carbonyl (C=O) groups is 1. The number of piperidine rings is 1. The largest absolute Gasteiger partial charge is 0.364 e. The molecule has 0 aromatic rings. The maximum absolute atomic E-state index is 12.3. The van der Waals surface area contributed by atoms with E-state index in [1.807, 2.05) is 0 Å². The van der Waals surface area contributed by atoms with Gasteiger partial charge in [-0.25, -0.2) is 0 Å². The van der Waals surface area contributed by atoms with Crippen LogP contribution in [-0.2, 0) is 14.3 Å². The zero-order valence-electron chi connectivity index (χ0n) is 12.1. The van der Waals surface area contributed by atoms with Crippen LogP contribution < -0.4 is 0 Å². The van der Waals surface area contributed by atoms with Crippen molar-refractivity contribution in [3.05, 3.63) is 0 Å². The van der Waals surface area contributed by atoms with E-state index >= 15 is 0 Å². The molecule has 1 amide bonds. The molecule has 110 valence electrons. The lowest BCUT2D eigenvalue weighted by Gasteiger charge is -2.56. The highest BCUT2D eigenvalue weighted by atomic mass is 16.7. The van der Waals surface area contributed by atoms with Gasteiger partial charge in [-0.05, 0) is 31.6 Å². The molecule has 4 heterocycles. The molecule has 20 heavy (non-hydrogen) atoms. The number of epoxide rings is 1. The predicted octanol–water partition coefficient (Wildman–Crippen LogP) is 1.87. The third kappa shape index (κ3) is 1.28. The molecule has 1 saturated carbocycles. The number of rotatable bonds is 0. The lowest BCUT2D eigenvalue weighted by molar-refractivity contribution is -0.166. The van der Waals surface area contributed by atoms with Gasteiger partial charge in [0.2, 0.25) is 5.91 Å². The number of fused-ring (bicyclic) bond motifs is 3. The van der Waals surface area contributed by atoms with Crippen molar-refractivity contribution in [2.45, 2.75) is 81.3 Å². The summed E-state index contributed by atoms with van der Waals surface area (Å²) < 4.78 is 12.2. The summed E-state index contributed by atoms with van der Waals surface area (Å²) in [6, 6.07) is 0. The maximum Gasteiger partial charge on any atom is 0.220 e. The van der Waals surface area contributed by atoms with Crippen molar-refractivity contribution in [3.8, 4) is 0 Å². The van der Waals surface area contributed by atoms with Gasteiger partial charge >= 0.3 is 0 Å². The number of hydrogen-bond donors (Lipinski definition) is 0. The molecule has 0 aromatic carbocycles. The van der Waals surface area contributed by atoms with Gasteiger partial charge in [0, 0.05) is 12.5 Å². The number of nitrogens with zero attached hydrogens (tertiary/aromatic N) is 1. The van der Waals surface area contributed by atoms with E-state index in [0.717, 1.165) is 19.4 Å². The number of carbonyl (C=O) groups excluding carboxylic acids is 1. The number of likely N-dealkylation sites (tertiary alicyclic amines) is 1. The predicted molar refractivity (Wildman–Crippen MR) is 72.2 cm³/mol. The second kappa shape index (κ2) is 3.58. The van der Waals surface area contributed by atoms with Crippen molar-refractivity contribution in [3.63, 3.8) is 0 Å². The van der Waals surface area contributed by atoms with E-state index in [0.29, 0.717) is 18.1 Å². The van der Waals surface area contributed by atoms with E-state index in [1.165, 1.54) is 32.1 Å². The van der Waals surface area contributed by atoms with E-state index in [1.54, 1.807) is 6.92 Å². The first-order valence-electron chi connectivity index (χ1n) is 8.26. The topological polar surface area (TPSA) is 42.1 Å². The van der Waals surface area contributed by atoms with Gasteiger partial charge in [0.25, 0.3) is 0 Å². The molecule has 0 unspecified atom stereocenters. The fourth-order valence-corrected chi connectivity index (χ4v) is 5.83. The molecule has 2 bridgehead atoms. The zero-order chi connectivity index (χ0) is 13.5. The van der Waals surface area contributed by atoms with E-state index in [-0.39, 0.29) is 23.2 Å². The van der Waals surface area contributed by atoms with Crippen molar-refractivity contribution in [1.82, 2.24) is 4.90 Å². The first kappa shape index (κ1) is 12.0. The molecular formula is C16H23NO3. The van der Waals surface area contributed by atoms with Crippen LogP contribution in [-0.4, -0.2) is 46.8 Å². The van der Waals surface area contributed by atoms with Crippen LogP contribution >= 0.6 is 0 Å². The standard InChI is InChI=1S/C16H23NO3/c1-10(18)17-9-16-11(7-12(20-16)13-14(16)19-13)8-15(17)5-3-2-4-6-15/h11-14H,2-9H2,1H3/t11-,12-,13-,14-,16+/m0/s1.